The topological polar surface area (TPSA) is 51.2 Å². The average molecular weight is 378 g/mol. The van der Waals surface area contributed by atoms with Crippen LogP contribution in [0.3, 0.4) is 0 Å². The number of ether oxygens (including phenoxy) is 3. The van der Waals surface area contributed by atoms with Crippen LogP contribution in [0.1, 0.15) is 51.0 Å². The van der Waals surface area contributed by atoms with Crippen LogP contribution >= 0.6 is 0 Å². The van der Waals surface area contributed by atoms with E-state index in [0.29, 0.717) is 12.6 Å². The van der Waals surface area contributed by atoms with Gasteiger partial charge in [-0.1, -0.05) is 25.8 Å². The monoisotopic (exact) mass is 377 g/mol. The molecular weight excluding hydrogens is 342 g/mol. The van der Waals surface area contributed by atoms with Gasteiger partial charge in [0.05, 0.1) is 32.5 Å². The molecule has 3 atom stereocenters. The zero-order valence-corrected chi connectivity index (χ0v) is 16.9. The lowest BCUT2D eigenvalue weighted by Gasteiger charge is -2.37. The molecule has 1 aliphatic carbocycles. The van der Waals surface area contributed by atoms with Gasteiger partial charge in [0.25, 0.3) is 0 Å². The smallest absolute Gasteiger partial charge is 0.161 e. The molecule has 1 aliphatic heterocycles. The van der Waals surface area contributed by atoms with E-state index in [1.165, 1.54) is 24.8 Å². The number of β-amino-alcohol motifs (C(OH)–C–C–N with tert-alkyl or cyclic N) is 1. The number of rotatable bonds is 9. The van der Waals surface area contributed by atoms with Crippen molar-refractivity contribution in [1.29, 1.82) is 0 Å². The highest BCUT2D eigenvalue weighted by Gasteiger charge is 2.34. The van der Waals surface area contributed by atoms with Crippen LogP contribution in [0.2, 0.25) is 0 Å². The Hall–Kier alpha value is -1.30. The molecule has 2 aliphatic rings. The number of aliphatic hydroxyl groups excluding tert-OH is 1. The van der Waals surface area contributed by atoms with E-state index in [4.69, 9.17) is 14.2 Å². The Kier molecular flexibility index (Phi) is 7.80. The third kappa shape index (κ3) is 5.59. The molecule has 0 spiro atoms. The molecule has 152 valence electrons. The Bertz CT molecular complexity index is 579. The van der Waals surface area contributed by atoms with E-state index >= 15 is 0 Å². The van der Waals surface area contributed by atoms with E-state index in [1.807, 2.05) is 6.07 Å². The molecular formula is C22H35NO4. The van der Waals surface area contributed by atoms with Crippen molar-refractivity contribution in [2.24, 2.45) is 0 Å². The van der Waals surface area contributed by atoms with Gasteiger partial charge in [-0.05, 0) is 49.8 Å². The summed E-state index contributed by atoms with van der Waals surface area (Å²) in [6.45, 7) is 5.32. The Morgan fingerprint density at radius 3 is 2.70 bits per heavy atom. The van der Waals surface area contributed by atoms with Gasteiger partial charge >= 0.3 is 0 Å². The first kappa shape index (κ1) is 20.4. The van der Waals surface area contributed by atoms with Gasteiger partial charge in [0.1, 0.15) is 0 Å². The second-order valence-electron chi connectivity index (χ2n) is 7.78. The standard InChI is InChI=1S/C22H35NO4/c1-3-13-26-21-9-8-17(15-22(21)25-2)11-14-27-20-7-5-4-6-19(20)23-12-10-18(24)16-23/h8-9,15,18-20,24H,3-7,10-14,16H2,1-2H3/t18-,19?,20?/m1/s1. The average Bonchev–Trinajstić information content (AvgIpc) is 3.13. The quantitative estimate of drug-likeness (QED) is 0.715. The summed E-state index contributed by atoms with van der Waals surface area (Å²) in [4.78, 5) is 2.44. The first-order valence-electron chi connectivity index (χ1n) is 10.5. The van der Waals surface area contributed by atoms with Crippen LogP contribution in [0.15, 0.2) is 18.2 Å². The second kappa shape index (κ2) is 10.3. The first-order valence-corrected chi connectivity index (χ1v) is 10.5. The van der Waals surface area contributed by atoms with Crippen molar-refractivity contribution in [3.63, 3.8) is 0 Å². The third-order valence-corrected chi connectivity index (χ3v) is 5.74. The van der Waals surface area contributed by atoms with Crippen LogP contribution in [0.25, 0.3) is 0 Å². The van der Waals surface area contributed by atoms with E-state index in [1.54, 1.807) is 7.11 Å². The summed E-state index contributed by atoms with van der Waals surface area (Å²) in [5.74, 6) is 1.60. The van der Waals surface area contributed by atoms with Crippen molar-refractivity contribution in [3.05, 3.63) is 23.8 Å². The van der Waals surface area contributed by atoms with Crippen LogP contribution in [0.4, 0.5) is 0 Å². The molecule has 5 nitrogen and oxygen atoms in total. The Morgan fingerprint density at radius 2 is 1.96 bits per heavy atom. The van der Waals surface area contributed by atoms with Crippen LogP contribution < -0.4 is 9.47 Å². The SMILES string of the molecule is CCCOc1ccc(CCOC2CCCCC2N2CC[C@@H](O)C2)cc1OC. The van der Waals surface area contributed by atoms with Gasteiger partial charge < -0.3 is 19.3 Å². The highest BCUT2D eigenvalue weighted by molar-refractivity contribution is 5.43. The zero-order chi connectivity index (χ0) is 19.1. The molecule has 0 amide bonds. The number of benzene rings is 1. The maximum Gasteiger partial charge on any atom is 0.161 e. The lowest BCUT2D eigenvalue weighted by Crippen LogP contribution is -2.46. The van der Waals surface area contributed by atoms with Crippen molar-refractivity contribution < 1.29 is 19.3 Å². The Morgan fingerprint density at radius 1 is 1.11 bits per heavy atom. The third-order valence-electron chi connectivity index (χ3n) is 5.74. The molecule has 1 aromatic carbocycles. The summed E-state index contributed by atoms with van der Waals surface area (Å²) < 4.78 is 17.5. The van der Waals surface area contributed by atoms with Crippen molar-refractivity contribution in [2.75, 3.05) is 33.4 Å². The summed E-state index contributed by atoms with van der Waals surface area (Å²) in [5.41, 5.74) is 1.21. The van der Waals surface area contributed by atoms with E-state index in [9.17, 15) is 5.11 Å². The molecule has 1 saturated carbocycles. The molecule has 1 heterocycles. The Balaban J connectivity index is 1.52. The van der Waals surface area contributed by atoms with Crippen molar-refractivity contribution in [1.82, 2.24) is 4.90 Å². The number of hydrogen-bond donors (Lipinski definition) is 1. The maximum absolute atomic E-state index is 9.86. The highest BCUT2D eigenvalue weighted by atomic mass is 16.5. The van der Waals surface area contributed by atoms with E-state index in [2.05, 4.69) is 24.0 Å². The summed E-state index contributed by atoms with van der Waals surface area (Å²) in [7, 11) is 1.69. The molecule has 0 aromatic heterocycles. The minimum absolute atomic E-state index is 0.159. The molecule has 1 aromatic rings. The van der Waals surface area contributed by atoms with Crippen molar-refractivity contribution >= 4 is 0 Å². The molecule has 27 heavy (non-hydrogen) atoms. The fourth-order valence-corrected chi connectivity index (χ4v) is 4.29. The minimum atomic E-state index is -0.159. The van der Waals surface area contributed by atoms with Crippen LogP contribution in [-0.2, 0) is 11.2 Å². The molecule has 1 saturated heterocycles. The van der Waals surface area contributed by atoms with E-state index < -0.39 is 0 Å². The molecule has 3 rings (SSSR count). The number of aliphatic hydroxyl groups is 1. The van der Waals surface area contributed by atoms with Gasteiger partial charge in [-0.25, -0.2) is 0 Å². The molecule has 0 radical (unpaired) electrons. The van der Waals surface area contributed by atoms with Gasteiger partial charge in [0, 0.05) is 19.1 Å². The predicted molar refractivity (Wildman–Crippen MR) is 107 cm³/mol. The maximum atomic E-state index is 9.86. The number of likely N-dealkylation sites (tertiary alicyclic amines) is 1. The van der Waals surface area contributed by atoms with Crippen LogP contribution in [0, 0.1) is 0 Å². The molecule has 2 unspecified atom stereocenters. The summed E-state index contributed by atoms with van der Waals surface area (Å²) >= 11 is 0. The normalized spacial score (nSPS) is 26.3. The molecule has 2 fully saturated rings. The summed E-state index contributed by atoms with van der Waals surface area (Å²) in [6, 6.07) is 6.63. The predicted octanol–water partition coefficient (Wildman–Crippen LogP) is 3.42. The van der Waals surface area contributed by atoms with Crippen LogP contribution in [0.5, 0.6) is 11.5 Å². The largest absolute Gasteiger partial charge is 0.493 e. The fraction of sp³-hybridized carbons (Fsp3) is 0.727. The van der Waals surface area contributed by atoms with Gasteiger partial charge in [-0.2, -0.15) is 0 Å². The zero-order valence-electron chi connectivity index (χ0n) is 16.9. The van der Waals surface area contributed by atoms with Gasteiger partial charge in [-0.3, -0.25) is 4.90 Å². The highest BCUT2D eigenvalue weighted by Crippen LogP contribution is 2.30. The first-order chi connectivity index (χ1) is 13.2. The van der Waals surface area contributed by atoms with Gasteiger partial charge in [0.15, 0.2) is 11.5 Å². The molecule has 5 heteroatoms. The molecule has 1 N–H and O–H groups in total. The molecule has 0 bridgehead atoms. The number of hydrogen-bond acceptors (Lipinski definition) is 5. The van der Waals surface area contributed by atoms with Gasteiger partial charge in [0.2, 0.25) is 0 Å². The van der Waals surface area contributed by atoms with Crippen molar-refractivity contribution in [3.8, 4) is 11.5 Å². The minimum Gasteiger partial charge on any atom is -0.493 e. The number of nitrogens with zero attached hydrogens (tertiary/aromatic N) is 1. The lowest BCUT2D eigenvalue weighted by atomic mass is 9.91. The summed E-state index contributed by atoms with van der Waals surface area (Å²) in [6.07, 6.45) is 7.72. The Labute approximate surface area is 163 Å². The van der Waals surface area contributed by atoms with Crippen molar-refractivity contribution in [2.45, 2.75) is 70.1 Å². The van der Waals surface area contributed by atoms with E-state index in [0.717, 1.165) is 56.9 Å². The number of methoxy groups -OCH3 is 1. The van der Waals surface area contributed by atoms with E-state index in [-0.39, 0.29) is 12.2 Å². The second-order valence-corrected chi connectivity index (χ2v) is 7.78. The van der Waals surface area contributed by atoms with Gasteiger partial charge in [-0.15, -0.1) is 0 Å². The van der Waals surface area contributed by atoms with Crippen LogP contribution in [-0.4, -0.2) is 61.7 Å². The summed E-state index contributed by atoms with van der Waals surface area (Å²) in [5, 5.41) is 9.86. The fourth-order valence-electron chi connectivity index (χ4n) is 4.29. The lowest BCUT2D eigenvalue weighted by molar-refractivity contribution is -0.0316.